The zero-order valence-electron chi connectivity index (χ0n) is 22.2. The molecule has 1 heterocycles. The SMILES string of the molecule is CCCOc1cc2c(c(-c3ccc4c(c3)OCO4)c1C)C(c1ccc(OC)cc1OCOC)=C(C(=O)O)C2O. The van der Waals surface area contributed by atoms with Gasteiger partial charge in [-0.05, 0) is 71.5 Å². The highest BCUT2D eigenvalue weighted by Gasteiger charge is 2.39. The summed E-state index contributed by atoms with van der Waals surface area (Å²) < 4.78 is 33.6. The number of rotatable bonds is 10. The smallest absolute Gasteiger partial charge is 0.335 e. The van der Waals surface area contributed by atoms with Crippen molar-refractivity contribution >= 4 is 11.5 Å². The van der Waals surface area contributed by atoms with Crippen LogP contribution in [0.3, 0.4) is 0 Å². The summed E-state index contributed by atoms with van der Waals surface area (Å²) in [6.45, 7) is 4.45. The lowest BCUT2D eigenvalue weighted by Crippen LogP contribution is -2.09. The van der Waals surface area contributed by atoms with Crippen LogP contribution in [0, 0.1) is 6.92 Å². The van der Waals surface area contributed by atoms with Crippen LogP contribution >= 0.6 is 0 Å². The summed E-state index contributed by atoms with van der Waals surface area (Å²) in [5.74, 6) is 1.41. The van der Waals surface area contributed by atoms with Crippen molar-refractivity contribution in [1.29, 1.82) is 0 Å². The molecule has 3 aromatic rings. The van der Waals surface area contributed by atoms with E-state index in [4.69, 9.17) is 28.4 Å². The van der Waals surface area contributed by atoms with E-state index < -0.39 is 12.1 Å². The van der Waals surface area contributed by atoms with Crippen molar-refractivity contribution < 1.29 is 43.4 Å². The minimum absolute atomic E-state index is 0.0664. The molecule has 0 bridgehead atoms. The number of carboxylic acids is 1. The van der Waals surface area contributed by atoms with Crippen LogP contribution < -0.4 is 23.7 Å². The molecule has 3 aromatic carbocycles. The predicted molar refractivity (Wildman–Crippen MR) is 143 cm³/mol. The number of benzene rings is 3. The van der Waals surface area contributed by atoms with E-state index >= 15 is 0 Å². The molecule has 1 atom stereocenters. The molecule has 2 N–H and O–H groups in total. The van der Waals surface area contributed by atoms with Gasteiger partial charge in [-0.2, -0.15) is 0 Å². The molecular weight excluding hydrogens is 504 g/mol. The molecule has 0 spiro atoms. The highest BCUT2D eigenvalue weighted by molar-refractivity contribution is 6.09. The van der Waals surface area contributed by atoms with E-state index in [1.54, 1.807) is 24.3 Å². The summed E-state index contributed by atoms with van der Waals surface area (Å²) in [4.78, 5) is 12.7. The second-order valence-electron chi connectivity index (χ2n) is 9.16. The number of carboxylic acid groups (broad SMARTS) is 1. The number of carbonyl (C=O) groups is 1. The third kappa shape index (κ3) is 4.64. The second kappa shape index (κ2) is 10.9. The first-order valence-corrected chi connectivity index (χ1v) is 12.6. The maximum atomic E-state index is 12.7. The lowest BCUT2D eigenvalue weighted by molar-refractivity contribution is -0.133. The summed E-state index contributed by atoms with van der Waals surface area (Å²) in [6, 6.07) is 12.4. The first kappa shape index (κ1) is 26.4. The minimum atomic E-state index is -1.40. The highest BCUT2D eigenvalue weighted by Crippen LogP contribution is 2.53. The Morgan fingerprint density at radius 1 is 1.00 bits per heavy atom. The fourth-order valence-electron chi connectivity index (χ4n) is 5.05. The Balaban J connectivity index is 1.83. The number of methoxy groups -OCH3 is 2. The molecule has 1 aliphatic carbocycles. The molecule has 0 fully saturated rings. The molecule has 0 saturated heterocycles. The molecule has 0 radical (unpaired) electrons. The van der Waals surface area contributed by atoms with Gasteiger partial charge in [0, 0.05) is 24.3 Å². The number of aliphatic carboxylic acids is 1. The Morgan fingerprint density at radius 3 is 2.51 bits per heavy atom. The molecule has 9 heteroatoms. The average Bonchev–Trinajstić information content (AvgIpc) is 3.52. The minimum Gasteiger partial charge on any atom is -0.497 e. The van der Waals surface area contributed by atoms with E-state index in [1.165, 1.54) is 14.2 Å². The average molecular weight is 535 g/mol. The fraction of sp³-hybridized carbons (Fsp3) is 0.300. The van der Waals surface area contributed by atoms with E-state index in [-0.39, 0.29) is 19.2 Å². The van der Waals surface area contributed by atoms with Crippen LogP contribution in [0.25, 0.3) is 16.7 Å². The van der Waals surface area contributed by atoms with Gasteiger partial charge in [0.05, 0.1) is 19.3 Å². The molecule has 1 aliphatic heterocycles. The van der Waals surface area contributed by atoms with Crippen molar-refractivity contribution in [1.82, 2.24) is 0 Å². The summed E-state index contributed by atoms with van der Waals surface area (Å²) in [6.07, 6.45) is -0.615. The first-order valence-electron chi connectivity index (χ1n) is 12.6. The van der Waals surface area contributed by atoms with E-state index in [9.17, 15) is 15.0 Å². The van der Waals surface area contributed by atoms with E-state index in [0.717, 1.165) is 23.1 Å². The molecule has 1 unspecified atom stereocenters. The fourth-order valence-corrected chi connectivity index (χ4v) is 5.05. The quantitative estimate of drug-likeness (QED) is 0.343. The molecule has 0 amide bonds. The van der Waals surface area contributed by atoms with Gasteiger partial charge in [0.15, 0.2) is 18.3 Å². The van der Waals surface area contributed by atoms with E-state index in [0.29, 0.717) is 57.6 Å². The van der Waals surface area contributed by atoms with Gasteiger partial charge >= 0.3 is 5.97 Å². The van der Waals surface area contributed by atoms with Crippen molar-refractivity contribution in [3.05, 3.63) is 70.3 Å². The van der Waals surface area contributed by atoms with E-state index in [2.05, 4.69) is 0 Å². The second-order valence-corrected chi connectivity index (χ2v) is 9.16. The Morgan fingerprint density at radius 2 is 1.79 bits per heavy atom. The number of hydrogen-bond acceptors (Lipinski definition) is 8. The molecule has 0 aromatic heterocycles. The summed E-state index contributed by atoms with van der Waals surface area (Å²) in [7, 11) is 3.03. The van der Waals surface area contributed by atoms with Crippen molar-refractivity contribution in [3.8, 4) is 39.9 Å². The zero-order chi connectivity index (χ0) is 27.7. The lowest BCUT2D eigenvalue weighted by Gasteiger charge is -2.21. The molecule has 39 heavy (non-hydrogen) atoms. The number of fused-ring (bicyclic) bond motifs is 2. The van der Waals surface area contributed by atoms with Crippen LogP contribution in [0.2, 0.25) is 0 Å². The van der Waals surface area contributed by atoms with Gasteiger partial charge in [0.25, 0.3) is 0 Å². The largest absolute Gasteiger partial charge is 0.497 e. The number of ether oxygens (including phenoxy) is 6. The zero-order valence-corrected chi connectivity index (χ0v) is 22.2. The topological polar surface area (TPSA) is 113 Å². The molecule has 204 valence electrons. The van der Waals surface area contributed by atoms with Gasteiger partial charge in [-0.25, -0.2) is 4.79 Å². The summed E-state index contributed by atoms with van der Waals surface area (Å²) in [5, 5.41) is 21.8. The van der Waals surface area contributed by atoms with Gasteiger partial charge in [0.2, 0.25) is 6.79 Å². The van der Waals surface area contributed by atoms with Crippen LogP contribution in [-0.4, -0.2) is 50.6 Å². The van der Waals surface area contributed by atoms with Crippen LogP contribution in [0.4, 0.5) is 0 Å². The van der Waals surface area contributed by atoms with E-state index in [1.807, 2.05) is 32.0 Å². The third-order valence-electron chi connectivity index (χ3n) is 6.80. The van der Waals surface area contributed by atoms with Crippen LogP contribution in [0.1, 0.15) is 41.7 Å². The van der Waals surface area contributed by atoms with Gasteiger partial charge < -0.3 is 38.6 Å². The van der Waals surface area contributed by atoms with Crippen LogP contribution in [0.15, 0.2) is 48.0 Å². The standard InChI is InChI=1S/C30H30O9/c1-5-10-36-22-13-20-27(25(16(22)2)17-6-9-21-24(11-17)39-15-38-21)26(28(29(20)31)30(32)33)19-8-7-18(35-4)12-23(19)37-14-34-3/h6-9,11-13,29,31H,5,10,14-15H2,1-4H3,(H,32,33). The Kier molecular flexibility index (Phi) is 7.36. The number of aliphatic hydroxyl groups excluding tert-OH is 1. The third-order valence-corrected chi connectivity index (χ3v) is 6.80. The molecule has 2 aliphatic rings. The van der Waals surface area contributed by atoms with Crippen molar-refractivity contribution in [3.63, 3.8) is 0 Å². The van der Waals surface area contributed by atoms with Crippen LogP contribution in [0.5, 0.6) is 28.7 Å². The maximum Gasteiger partial charge on any atom is 0.335 e. The molecule has 5 rings (SSSR count). The number of aliphatic hydroxyl groups is 1. The monoisotopic (exact) mass is 534 g/mol. The van der Waals surface area contributed by atoms with Crippen molar-refractivity contribution in [2.75, 3.05) is 34.4 Å². The molecule has 9 nitrogen and oxygen atoms in total. The summed E-state index contributed by atoms with van der Waals surface area (Å²) >= 11 is 0. The van der Waals surface area contributed by atoms with Gasteiger partial charge in [0.1, 0.15) is 23.4 Å². The van der Waals surface area contributed by atoms with Gasteiger partial charge in [-0.1, -0.05) is 13.0 Å². The molecular formula is C30H30O9. The molecule has 0 saturated carbocycles. The van der Waals surface area contributed by atoms with Crippen molar-refractivity contribution in [2.45, 2.75) is 26.4 Å². The first-order chi connectivity index (χ1) is 18.9. The van der Waals surface area contributed by atoms with Crippen LogP contribution in [-0.2, 0) is 9.53 Å². The van der Waals surface area contributed by atoms with Crippen molar-refractivity contribution in [2.24, 2.45) is 0 Å². The predicted octanol–water partition coefficient (Wildman–Crippen LogP) is 5.10. The maximum absolute atomic E-state index is 12.7. The Hall–Kier alpha value is -4.21. The Labute approximate surface area is 226 Å². The normalized spacial score (nSPS) is 15.4. The highest BCUT2D eigenvalue weighted by atomic mass is 16.7. The summed E-state index contributed by atoms with van der Waals surface area (Å²) in [5.41, 5.74) is 3.95. The van der Waals surface area contributed by atoms with Gasteiger partial charge in [-0.3, -0.25) is 0 Å². The number of hydrogen-bond donors (Lipinski definition) is 2. The Bertz CT molecular complexity index is 1460. The lowest BCUT2D eigenvalue weighted by atomic mass is 9.86. The van der Waals surface area contributed by atoms with Gasteiger partial charge in [-0.15, -0.1) is 0 Å².